The summed E-state index contributed by atoms with van der Waals surface area (Å²) in [7, 11) is 0. The van der Waals surface area contributed by atoms with E-state index in [0.717, 1.165) is 23.3 Å². The number of hydrogen-bond acceptors (Lipinski definition) is 3. The van der Waals surface area contributed by atoms with Crippen molar-refractivity contribution >= 4 is 16.9 Å². The molecule has 6 heteroatoms. The van der Waals surface area contributed by atoms with Crippen molar-refractivity contribution in [3.8, 4) is 0 Å². The highest BCUT2D eigenvalue weighted by Gasteiger charge is 2.24. The number of carbonyl (C=O) groups excluding carboxylic acids is 1. The van der Waals surface area contributed by atoms with Gasteiger partial charge in [0.2, 0.25) is 0 Å². The summed E-state index contributed by atoms with van der Waals surface area (Å²) in [6.07, 6.45) is 3.53. The van der Waals surface area contributed by atoms with Crippen molar-refractivity contribution in [1.29, 1.82) is 0 Å². The van der Waals surface area contributed by atoms with E-state index >= 15 is 0 Å². The molecular weight excluding hydrogens is 304 g/mol. The molecule has 0 aliphatic rings. The van der Waals surface area contributed by atoms with Gasteiger partial charge in [-0.3, -0.25) is 4.79 Å². The molecule has 0 saturated carbocycles. The second kappa shape index (κ2) is 6.70. The van der Waals surface area contributed by atoms with Crippen LogP contribution < -0.4 is 10.0 Å². The molecule has 0 bridgehead atoms. The first-order valence-corrected chi connectivity index (χ1v) is 8.03. The van der Waals surface area contributed by atoms with Gasteiger partial charge < -0.3 is 15.5 Å². The quantitative estimate of drug-likeness (QED) is 0.559. The highest BCUT2D eigenvalue weighted by atomic mass is 16.5. The van der Waals surface area contributed by atoms with Crippen molar-refractivity contribution in [2.75, 3.05) is 0 Å². The van der Waals surface area contributed by atoms with Crippen LogP contribution in [0.1, 0.15) is 42.5 Å². The van der Waals surface area contributed by atoms with Gasteiger partial charge in [0.1, 0.15) is 5.82 Å². The number of imidazole rings is 1. The molecule has 2 atom stereocenters. The first kappa shape index (κ1) is 16.0. The number of hydrogen-bond donors (Lipinski definition) is 2. The first-order chi connectivity index (χ1) is 11.6. The zero-order valence-corrected chi connectivity index (χ0v) is 13.7. The summed E-state index contributed by atoms with van der Waals surface area (Å²) < 4.78 is 0.655. The fourth-order valence-electron chi connectivity index (χ4n) is 2.62. The van der Waals surface area contributed by atoms with Gasteiger partial charge in [-0.2, -0.15) is 4.73 Å². The molecule has 1 amide bonds. The van der Waals surface area contributed by atoms with E-state index in [1.807, 2.05) is 24.3 Å². The Morgan fingerprint density at radius 1 is 1.29 bits per heavy atom. The number of aromatic nitrogens is 3. The Morgan fingerprint density at radius 2 is 2.00 bits per heavy atom. The molecule has 2 aromatic heterocycles. The predicted octanol–water partition coefficient (Wildman–Crippen LogP) is 2.71. The van der Waals surface area contributed by atoms with E-state index < -0.39 is 0 Å². The number of benzene rings is 1. The fraction of sp³-hybridized carbons (Fsp3) is 0.278. The normalized spacial score (nSPS) is 13.6. The molecule has 0 aliphatic heterocycles. The number of amides is 1. The summed E-state index contributed by atoms with van der Waals surface area (Å²) in [4.78, 5) is 20.4. The number of nitrogens with one attached hydrogen (secondary N) is 2. The van der Waals surface area contributed by atoms with Crippen LogP contribution >= 0.6 is 0 Å². The number of aromatic amines is 1. The van der Waals surface area contributed by atoms with Crippen LogP contribution in [0.2, 0.25) is 0 Å². The van der Waals surface area contributed by atoms with E-state index in [1.165, 1.54) is 24.5 Å². The second-order valence-corrected chi connectivity index (χ2v) is 5.92. The van der Waals surface area contributed by atoms with Gasteiger partial charge in [0.15, 0.2) is 12.4 Å². The monoisotopic (exact) mass is 324 g/mol. The Kier molecular flexibility index (Phi) is 4.46. The van der Waals surface area contributed by atoms with Crippen molar-refractivity contribution in [3.05, 3.63) is 65.4 Å². The van der Waals surface area contributed by atoms with E-state index in [1.54, 1.807) is 0 Å². The van der Waals surface area contributed by atoms with Crippen LogP contribution in [0.4, 0.5) is 0 Å². The summed E-state index contributed by atoms with van der Waals surface area (Å²) >= 11 is 0. The van der Waals surface area contributed by atoms with E-state index in [0.29, 0.717) is 10.3 Å². The molecule has 0 radical (unpaired) electrons. The van der Waals surface area contributed by atoms with E-state index in [4.69, 9.17) is 0 Å². The standard InChI is InChI=1S/C18H20N4O2/c1-3-12(2)16(17-19-14-6-4-5-7-15(14)20-17)21-18(23)13-8-10-22(24)11-9-13/h4-12,16H,3H2,1-2H3,(H,19,20)(H,21,23)/t12-,16-/m1/s1. The minimum atomic E-state index is -0.227. The smallest absolute Gasteiger partial charge is 0.252 e. The zero-order valence-electron chi connectivity index (χ0n) is 13.7. The Hall–Kier alpha value is -2.89. The molecule has 2 N–H and O–H groups in total. The summed E-state index contributed by atoms with van der Waals surface area (Å²) in [6, 6.07) is 10.6. The molecule has 2 heterocycles. The summed E-state index contributed by atoms with van der Waals surface area (Å²) in [5.74, 6) is 0.734. The Balaban J connectivity index is 1.89. The molecule has 3 rings (SSSR count). The van der Waals surface area contributed by atoms with E-state index in [-0.39, 0.29) is 17.9 Å². The largest absolute Gasteiger partial charge is 0.619 e. The van der Waals surface area contributed by atoms with Crippen molar-refractivity contribution in [2.24, 2.45) is 5.92 Å². The van der Waals surface area contributed by atoms with Gasteiger partial charge in [-0.05, 0) is 18.1 Å². The fourth-order valence-corrected chi connectivity index (χ4v) is 2.62. The van der Waals surface area contributed by atoms with Gasteiger partial charge in [0.05, 0.1) is 22.6 Å². The number of fused-ring (bicyclic) bond motifs is 1. The summed E-state index contributed by atoms with van der Waals surface area (Å²) in [5.41, 5.74) is 2.27. The molecule has 0 spiro atoms. The third kappa shape index (κ3) is 3.22. The number of pyridine rings is 1. The number of para-hydroxylation sites is 2. The van der Waals surface area contributed by atoms with Crippen LogP contribution in [-0.2, 0) is 0 Å². The van der Waals surface area contributed by atoms with Gasteiger partial charge in [-0.1, -0.05) is 32.4 Å². The van der Waals surface area contributed by atoms with Gasteiger partial charge in [0, 0.05) is 12.1 Å². The molecule has 0 saturated heterocycles. The average molecular weight is 324 g/mol. The highest BCUT2D eigenvalue weighted by Crippen LogP contribution is 2.25. The molecule has 0 aliphatic carbocycles. The van der Waals surface area contributed by atoms with Crippen LogP contribution in [0.5, 0.6) is 0 Å². The van der Waals surface area contributed by atoms with E-state index in [2.05, 4.69) is 29.1 Å². The van der Waals surface area contributed by atoms with Gasteiger partial charge in [-0.15, -0.1) is 0 Å². The Morgan fingerprint density at radius 3 is 2.67 bits per heavy atom. The van der Waals surface area contributed by atoms with Crippen molar-refractivity contribution < 1.29 is 9.52 Å². The predicted molar refractivity (Wildman–Crippen MR) is 91.2 cm³/mol. The van der Waals surface area contributed by atoms with E-state index in [9.17, 15) is 10.0 Å². The summed E-state index contributed by atoms with van der Waals surface area (Å²) in [5, 5.41) is 14.1. The van der Waals surface area contributed by atoms with Gasteiger partial charge in [0.25, 0.3) is 5.91 Å². The van der Waals surface area contributed by atoms with Crippen LogP contribution in [0.3, 0.4) is 0 Å². The average Bonchev–Trinajstić information content (AvgIpc) is 3.03. The summed E-state index contributed by atoms with van der Waals surface area (Å²) in [6.45, 7) is 4.16. The molecule has 0 fully saturated rings. The second-order valence-electron chi connectivity index (χ2n) is 5.92. The molecule has 3 aromatic rings. The third-order valence-electron chi connectivity index (χ3n) is 4.27. The third-order valence-corrected chi connectivity index (χ3v) is 4.27. The van der Waals surface area contributed by atoms with Crippen molar-refractivity contribution in [1.82, 2.24) is 15.3 Å². The Bertz CT molecular complexity index is 809. The minimum Gasteiger partial charge on any atom is -0.619 e. The minimum absolute atomic E-state index is 0.211. The number of rotatable bonds is 5. The van der Waals surface area contributed by atoms with Crippen LogP contribution in [0.15, 0.2) is 48.8 Å². The van der Waals surface area contributed by atoms with Crippen molar-refractivity contribution in [2.45, 2.75) is 26.3 Å². The maximum Gasteiger partial charge on any atom is 0.252 e. The molecular formula is C18H20N4O2. The van der Waals surface area contributed by atoms with Crippen molar-refractivity contribution in [3.63, 3.8) is 0 Å². The maximum absolute atomic E-state index is 12.5. The first-order valence-electron chi connectivity index (χ1n) is 8.03. The zero-order chi connectivity index (χ0) is 17.1. The lowest BCUT2D eigenvalue weighted by molar-refractivity contribution is -0.605. The topological polar surface area (TPSA) is 84.7 Å². The van der Waals surface area contributed by atoms with Gasteiger partial charge in [-0.25, -0.2) is 4.98 Å². The van der Waals surface area contributed by atoms with Crippen LogP contribution in [-0.4, -0.2) is 15.9 Å². The van der Waals surface area contributed by atoms with Crippen LogP contribution in [0.25, 0.3) is 11.0 Å². The number of nitrogens with zero attached hydrogens (tertiary/aromatic N) is 2. The van der Waals surface area contributed by atoms with Crippen LogP contribution in [0, 0.1) is 11.1 Å². The molecule has 1 aromatic carbocycles. The maximum atomic E-state index is 12.5. The lowest BCUT2D eigenvalue weighted by Crippen LogP contribution is -2.34. The lowest BCUT2D eigenvalue weighted by atomic mass is 9.98. The highest BCUT2D eigenvalue weighted by molar-refractivity contribution is 5.94. The molecule has 124 valence electrons. The molecule has 0 unspecified atom stereocenters. The molecule has 24 heavy (non-hydrogen) atoms. The molecule has 6 nitrogen and oxygen atoms in total. The Labute approximate surface area is 140 Å². The number of H-pyrrole nitrogens is 1. The SMILES string of the molecule is CC[C@@H](C)[C@@H](NC(=O)c1cc[n+]([O-])cc1)c1nc2ccccc2[nH]1. The number of carbonyl (C=O) groups is 1. The lowest BCUT2D eigenvalue weighted by Gasteiger charge is -2.22. The van der Waals surface area contributed by atoms with Gasteiger partial charge >= 0.3 is 0 Å².